The van der Waals surface area contributed by atoms with Crippen LogP contribution < -0.4 is 10.3 Å². The van der Waals surface area contributed by atoms with Gasteiger partial charge in [-0.3, -0.25) is 19.8 Å². The summed E-state index contributed by atoms with van der Waals surface area (Å²) in [6, 6.07) is 11.6. The Balaban J connectivity index is 1.39. The van der Waals surface area contributed by atoms with Gasteiger partial charge in [0.1, 0.15) is 11.6 Å². The molecule has 2 N–H and O–H groups in total. The van der Waals surface area contributed by atoms with E-state index < -0.39 is 0 Å². The Bertz CT molecular complexity index is 1250. The van der Waals surface area contributed by atoms with Crippen LogP contribution in [0.2, 0.25) is 0 Å². The molecular weight excluding hydrogens is 392 g/mol. The van der Waals surface area contributed by atoms with E-state index in [-0.39, 0.29) is 5.56 Å². The van der Waals surface area contributed by atoms with Crippen LogP contribution in [-0.2, 0) is 19.5 Å². The molecule has 0 aliphatic carbocycles. The van der Waals surface area contributed by atoms with E-state index in [4.69, 9.17) is 9.72 Å². The molecule has 0 saturated carbocycles. The van der Waals surface area contributed by atoms with E-state index >= 15 is 0 Å². The summed E-state index contributed by atoms with van der Waals surface area (Å²) in [5.41, 5.74) is 5.55. The summed E-state index contributed by atoms with van der Waals surface area (Å²) in [6.07, 6.45) is 5.92. The van der Waals surface area contributed by atoms with Crippen molar-refractivity contribution in [2.45, 2.75) is 19.5 Å². The zero-order chi connectivity index (χ0) is 21.2. The summed E-state index contributed by atoms with van der Waals surface area (Å²) in [7, 11) is 1.66. The SMILES string of the molecule is COc1ccc(-c2[nH]ncc2CN2CCc3c(nc(-c4ccncc4)[nH]c3=O)C2)cc1. The standard InChI is InChI=1S/C23H22N6O2/c1-31-18-4-2-15(3-5-18)21-17(12-25-28-21)13-29-11-8-19-20(14-29)26-22(27-23(19)30)16-6-9-24-10-7-16/h2-7,9-10,12H,8,11,13-14H2,1H3,(H,25,28)(H,26,27,30). The van der Waals surface area contributed by atoms with E-state index in [0.717, 1.165) is 52.5 Å². The van der Waals surface area contributed by atoms with E-state index in [1.165, 1.54) is 0 Å². The fourth-order valence-corrected chi connectivity index (χ4v) is 3.95. The Hall–Kier alpha value is -3.78. The van der Waals surface area contributed by atoms with E-state index in [1.807, 2.05) is 42.6 Å². The maximum absolute atomic E-state index is 12.6. The van der Waals surface area contributed by atoms with Gasteiger partial charge in [0.25, 0.3) is 5.56 Å². The average Bonchev–Trinajstić information content (AvgIpc) is 3.27. The Morgan fingerprint density at radius 2 is 1.90 bits per heavy atom. The van der Waals surface area contributed by atoms with Crippen LogP contribution in [0.1, 0.15) is 16.8 Å². The van der Waals surface area contributed by atoms with Crippen molar-refractivity contribution in [1.29, 1.82) is 0 Å². The molecule has 31 heavy (non-hydrogen) atoms. The number of nitrogens with zero attached hydrogens (tertiary/aromatic N) is 4. The molecule has 8 nitrogen and oxygen atoms in total. The van der Waals surface area contributed by atoms with Gasteiger partial charge in [0, 0.05) is 54.3 Å². The van der Waals surface area contributed by atoms with Gasteiger partial charge in [0.05, 0.1) is 24.7 Å². The van der Waals surface area contributed by atoms with Gasteiger partial charge in [-0.25, -0.2) is 4.98 Å². The summed E-state index contributed by atoms with van der Waals surface area (Å²) in [6.45, 7) is 2.13. The maximum atomic E-state index is 12.6. The average molecular weight is 414 g/mol. The predicted octanol–water partition coefficient (Wildman–Crippen LogP) is 2.79. The Kier molecular flexibility index (Phi) is 5.05. The number of aromatic nitrogens is 5. The molecule has 0 amide bonds. The van der Waals surface area contributed by atoms with Crippen LogP contribution in [0, 0.1) is 0 Å². The molecule has 0 fully saturated rings. The maximum Gasteiger partial charge on any atom is 0.254 e. The summed E-state index contributed by atoms with van der Waals surface area (Å²) >= 11 is 0. The molecule has 0 saturated heterocycles. The normalized spacial score (nSPS) is 13.7. The second-order valence-corrected chi connectivity index (χ2v) is 7.54. The molecule has 1 aliphatic heterocycles. The first-order valence-electron chi connectivity index (χ1n) is 10.1. The molecule has 0 unspecified atom stereocenters. The fraction of sp³-hybridized carbons (Fsp3) is 0.217. The lowest BCUT2D eigenvalue weighted by Gasteiger charge is -2.27. The minimum atomic E-state index is -0.0568. The minimum Gasteiger partial charge on any atom is -0.497 e. The monoisotopic (exact) mass is 414 g/mol. The second kappa shape index (κ2) is 8.16. The first-order valence-corrected chi connectivity index (χ1v) is 10.1. The highest BCUT2D eigenvalue weighted by Crippen LogP contribution is 2.26. The van der Waals surface area contributed by atoms with Gasteiger partial charge in [-0.05, 0) is 42.8 Å². The number of nitrogens with one attached hydrogen (secondary N) is 2. The minimum absolute atomic E-state index is 0.0568. The van der Waals surface area contributed by atoms with Gasteiger partial charge >= 0.3 is 0 Å². The molecule has 0 bridgehead atoms. The number of benzene rings is 1. The van der Waals surface area contributed by atoms with Crippen LogP contribution in [-0.4, -0.2) is 43.7 Å². The van der Waals surface area contributed by atoms with Crippen molar-refractivity contribution in [2.75, 3.05) is 13.7 Å². The first kappa shape index (κ1) is 19.2. The summed E-state index contributed by atoms with van der Waals surface area (Å²) < 4.78 is 5.25. The molecule has 0 radical (unpaired) electrons. The number of H-pyrrole nitrogens is 2. The number of methoxy groups -OCH3 is 1. The fourth-order valence-electron chi connectivity index (χ4n) is 3.95. The van der Waals surface area contributed by atoms with Crippen molar-refractivity contribution in [2.24, 2.45) is 0 Å². The van der Waals surface area contributed by atoms with Crippen LogP contribution in [0.15, 0.2) is 59.8 Å². The highest BCUT2D eigenvalue weighted by molar-refractivity contribution is 5.63. The van der Waals surface area contributed by atoms with Gasteiger partial charge in [-0.1, -0.05) is 0 Å². The zero-order valence-electron chi connectivity index (χ0n) is 17.1. The second-order valence-electron chi connectivity index (χ2n) is 7.54. The van der Waals surface area contributed by atoms with Crippen molar-refractivity contribution in [3.05, 3.63) is 82.2 Å². The molecule has 0 atom stereocenters. The quantitative estimate of drug-likeness (QED) is 0.521. The lowest BCUT2D eigenvalue weighted by atomic mass is 10.0. The van der Waals surface area contributed by atoms with E-state index in [0.29, 0.717) is 18.8 Å². The van der Waals surface area contributed by atoms with E-state index in [1.54, 1.807) is 19.5 Å². The van der Waals surface area contributed by atoms with Crippen LogP contribution in [0.4, 0.5) is 0 Å². The molecular formula is C23H22N6O2. The van der Waals surface area contributed by atoms with Crippen LogP contribution in [0.3, 0.4) is 0 Å². The van der Waals surface area contributed by atoms with Crippen molar-refractivity contribution in [3.63, 3.8) is 0 Å². The molecule has 5 rings (SSSR count). The Labute approximate surface area is 179 Å². The molecule has 1 aliphatic rings. The Morgan fingerprint density at radius 1 is 1.10 bits per heavy atom. The smallest absolute Gasteiger partial charge is 0.254 e. The first-order chi connectivity index (χ1) is 15.2. The number of rotatable bonds is 5. The number of ether oxygens (including phenoxy) is 1. The van der Waals surface area contributed by atoms with Crippen molar-refractivity contribution < 1.29 is 4.74 Å². The van der Waals surface area contributed by atoms with Gasteiger partial charge < -0.3 is 9.72 Å². The summed E-state index contributed by atoms with van der Waals surface area (Å²) in [4.78, 5) is 26.6. The van der Waals surface area contributed by atoms with Crippen molar-refractivity contribution in [3.8, 4) is 28.4 Å². The number of hydrogen-bond acceptors (Lipinski definition) is 6. The van der Waals surface area contributed by atoms with E-state index in [9.17, 15) is 4.79 Å². The lowest BCUT2D eigenvalue weighted by molar-refractivity contribution is 0.241. The number of hydrogen-bond donors (Lipinski definition) is 2. The topological polar surface area (TPSA) is 99.8 Å². The summed E-state index contributed by atoms with van der Waals surface area (Å²) in [5.74, 6) is 1.40. The van der Waals surface area contributed by atoms with Crippen LogP contribution in [0.25, 0.3) is 22.6 Å². The number of fused-ring (bicyclic) bond motifs is 1. The predicted molar refractivity (Wildman–Crippen MR) is 116 cm³/mol. The highest BCUT2D eigenvalue weighted by atomic mass is 16.5. The molecule has 8 heteroatoms. The number of pyridine rings is 1. The molecule has 156 valence electrons. The third-order valence-electron chi connectivity index (χ3n) is 5.60. The van der Waals surface area contributed by atoms with Crippen LogP contribution in [0.5, 0.6) is 5.75 Å². The molecule has 3 aromatic heterocycles. The highest BCUT2D eigenvalue weighted by Gasteiger charge is 2.22. The van der Waals surface area contributed by atoms with Crippen LogP contribution >= 0.6 is 0 Å². The third kappa shape index (κ3) is 3.85. The zero-order valence-corrected chi connectivity index (χ0v) is 17.1. The Morgan fingerprint density at radius 3 is 2.68 bits per heavy atom. The molecule has 1 aromatic carbocycles. The third-order valence-corrected chi connectivity index (χ3v) is 5.60. The molecule has 4 heterocycles. The van der Waals surface area contributed by atoms with E-state index in [2.05, 4.69) is 25.1 Å². The van der Waals surface area contributed by atoms with Crippen molar-refractivity contribution >= 4 is 0 Å². The van der Waals surface area contributed by atoms with Gasteiger partial charge in [-0.2, -0.15) is 5.10 Å². The summed E-state index contributed by atoms with van der Waals surface area (Å²) in [5, 5.41) is 7.37. The number of aromatic amines is 2. The molecule has 0 spiro atoms. The lowest BCUT2D eigenvalue weighted by Crippen LogP contribution is -2.35. The molecule has 4 aromatic rings. The van der Waals surface area contributed by atoms with Gasteiger partial charge in [-0.15, -0.1) is 0 Å². The van der Waals surface area contributed by atoms with Gasteiger partial charge in [0.2, 0.25) is 0 Å². The van der Waals surface area contributed by atoms with Crippen molar-refractivity contribution in [1.82, 2.24) is 30.0 Å². The largest absolute Gasteiger partial charge is 0.497 e. The van der Waals surface area contributed by atoms with Gasteiger partial charge in [0.15, 0.2) is 0 Å².